The summed E-state index contributed by atoms with van der Waals surface area (Å²) in [5, 5.41) is 10.2. The van der Waals surface area contributed by atoms with E-state index in [9.17, 15) is 4.79 Å². The summed E-state index contributed by atoms with van der Waals surface area (Å²) in [6.07, 6.45) is 4.43. The van der Waals surface area contributed by atoms with Gasteiger partial charge in [-0.3, -0.25) is 9.48 Å². The van der Waals surface area contributed by atoms with Gasteiger partial charge in [0, 0.05) is 41.0 Å². The van der Waals surface area contributed by atoms with E-state index >= 15 is 0 Å². The molecule has 2 heterocycles. The molecule has 21 heavy (non-hydrogen) atoms. The maximum atomic E-state index is 12.4. The van der Waals surface area contributed by atoms with E-state index < -0.39 is 0 Å². The van der Waals surface area contributed by atoms with E-state index in [0.717, 1.165) is 12.0 Å². The van der Waals surface area contributed by atoms with Crippen LogP contribution in [0.5, 0.6) is 0 Å². The van der Waals surface area contributed by atoms with E-state index in [-0.39, 0.29) is 18.0 Å². The van der Waals surface area contributed by atoms with E-state index in [1.807, 2.05) is 20.2 Å². The molecule has 0 aromatic carbocycles. The van der Waals surface area contributed by atoms with Gasteiger partial charge in [-0.15, -0.1) is 11.3 Å². The van der Waals surface area contributed by atoms with Gasteiger partial charge in [0.15, 0.2) is 0 Å². The van der Waals surface area contributed by atoms with Crippen molar-refractivity contribution in [2.45, 2.75) is 32.4 Å². The minimum Gasteiger partial charge on any atom is -0.352 e. The number of hydrogen-bond donors (Lipinski definition) is 2. The fourth-order valence-corrected chi connectivity index (χ4v) is 3.33. The minimum absolute atomic E-state index is 0.0220. The number of amides is 1. The molecule has 2 unspecified atom stereocenters. The quantitative estimate of drug-likeness (QED) is 0.855. The molecule has 0 radical (unpaired) electrons. The lowest BCUT2D eigenvalue weighted by atomic mass is 10.1. The van der Waals surface area contributed by atoms with Gasteiger partial charge >= 0.3 is 0 Å². The van der Waals surface area contributed by atoms with E-state index in [0.29, 0.717) is 0 Å². The van der Waals surface area contributed by atoms with Crippen LogP contribution >= 0.6 is 11.3 Å². The minimum atomic E-state index is -0.369. The number of rotatable bonds is 6. The Kier molecular flexibility index (Phi) is 5.14. The number of aromatic nitrogens is 2. The average Bonchev–Trinajstić information content (AvgIpc) is 2.99. The largest absolute Gasteiger partial charge is 0.352 e. The lowest BCUT2D eigenvalue weighted by Gasteiger charge is -2.18. The first kappa shape index (κ1) is 15.7. The van der Waals surface area contributed by atoms with Crippen molar-refractivity contribution >= 4 is 17.2 Å². The Hall–Kier alpha value is -1.66. The van der Waals surface area contributed by atoms with Crippen LogP contribution in [-0.2, 0) is 18.3 Å². The van der Waals surface area contributed by atoms with Crippen molar-refractivity contribution in [2.75, 3.05) is 7.05 Å². The number of carbonyl (C=O) groups excluding carboxylic acids is 1. The van der Waals surface area contributed by atoms with Crippen molar-refractivity contribution in [3.8, 4) is 0 Å². The van der Waals surface area contributed by atoms with Crippen molar-refractivity contribution in [1.82, 2.24) is 20.4 Å². The summed E-state index contributed by atoms with van der Waals surface area (Å²) in [6.45, 7) is 4.12. The van der Waals surface area contributed by atoms with Crippen LogP contribution in [0.25, 0.3) is 0 Å². The van der Waals surface area contributed by atoms with Gasteiger partial charge in [-0.25, -0.2) is 0 Å². The second-order valence-corrected chi connectivity index (χ2v) is 6.67. The molecule has 0 saturated heterocycles. The zero-order valence-corrected chi connectivity index (χ0v) is 13.7. The zero-order chi connectivity index (χ0) is 15.4. The summed E-state index contributed by atoms with van der Waals surface area (Å²) in [7, 11) is 3.63. The van der Waals surface area contributed by atoms with E-state index in [1.165, 1.54) is 9.75 Å². The summed E-state index contributed by atoms with van der Waals surface area (Å²) in [5.74, 6) is -0.0220. The van der Waals surface area contributed by atoms with Crippen LogP contribution in [0.2, 0.25) is 0 Å². The van der Waals surface area contributed by atoms with Crippen LogP contribution in [0.1, 0.15) is 28.3 Å². The van der Waals surface area contributed by atoms with Crippen molar-refractivity contribution < 1.29 is 4.79 Å². The Morgan fingerprint density at radius 2 is 2.24 bits per heavy atom. The molecular weight excluding hydrogens is 284 g/mol. The van der Waals surface area contributed by atoms with Gasteiger partial charge in [0.1, 0.15) is 6.04 Å². The Labute approximate surface area is 129 Å². The first-order chi connectivity index (χ1) is 9.99. The molecule has 0 bridgehead atoms. The fourth-order valence-electron chi connectivity index (χ4n) is 2.31. The maximum absolute atomic E-state index is 12.4. The van der Waals surface area contributed by atoms with Crippen LogP contribution in [0, 0.1) is 6.92 Å². The smallest absolute Gasteiger partial charge is 0.242 e. The van der Waals surface area contributed by atoms with Gasteiger partial charge in [0.05, 0.1) is 6.20 Å². The molecule has 2 aromatic heterocycles. The topological polar surface area (TPSA) is 59.0 Å². The molecule has 6 heteroatoms. The number of aryl methyl sites for hydroxylation is 2. The second-order valence-electron chi connectivity index (χ2n) is 5.30. The third-order valence-corrected chi connectivity index (χ3v) is 4.32. The molecule has 0 aliphatic heterocycles. The van der Waals surface area contributed by atoms with E-state index in [4.69, 9.17) is 0 Å². The van der Waals surface area contributed by atoms with Crippen LogP contribution in [0.4, 0.5) is 0 Å². The van der Waals surface area contributed by atoms with Gasteiger partial charge in [-0.05, 0) is 33.0 Å². The lowest BCUT2D eigenvalue weighted by Crippen LogP contribution is -2.41. The van der Waals surface area contributed by atoms with Crippen molar-refractivity contribution in [1.29, 1.82) is 0 Å². The number of likely N-dealkylation sites (N-methyl/N-ethyl adjacent to an activating group) is 1. The van der Waals surface area contributed by atoms with E-state index in [2.05, 4.69) is 34.8 Å². The van der Waals surface area contributed by atoms with Gasteiger partial charge in [0.2, 0.25) is 5.91 Å². The number of nitrogens with one attached hydrogen (secondary N) is 2. The standard InChI is InChI=1S/C15H22N4OS/c1-10(7-13-6-5-11(2)21-13)18-15(20)14(16-3)12-8-17-19(4)9-12/h5-6,8-10,14,16H,7H2,1-4H3,(H,18,20). The zero-order valence-electron chi connectivity index (χ0n) is 12.9. The molecule has 0 spiro atoms. The molecule has 1 amide bonds. The number of carbonyl (C=O) groups is 1. The SMILES string of the molecule is CNC(C(=O)NC(C)Cc1ccc(C)s1)c1cnn(C)c1. The highest BCUT2D eigenvalue weighted by atomic mass is 32.1. The van der Waals surface area contributed by atoms with Crippen LogP contribution in [0.3, 0.4) is 0 Å². The van der Waals surface area contributed by atoms with Crippen molar-refractivity contribution in [3.05, 3.63) is 39.8 Å². The molecule has 5 nitrogen and oxygen atoms in total. The summed E-state index contributed by atoms with van der Waals surface area (Å²) in [4.78, 5) is 15.0. The Bertz CT molecular complexity index is 604. The van der Waals surface area contributed by atoms with Crippen LogP contribution < -0.4 is 10.6 Å². The maximum Gasteiger partial charge on any atom is 0.242 e. The molecule has 114 valence electrons. The van der Waals surface area contributed by atoms with Crippen LogP contribution in [0.15, 0.2) is 24.5 Å². The second kappa shape index (κ2) is 6.87. The number of hydrogen-bond acceptors (Lipinski definition) is 4. The fraction of sp³-hybridized carbons (Fsp3) is 0.467. The third-order valence-electron chi connectivity index (χ3n) is 3.30. The van der Waals surface area contributed by atoms with E-state index in [1.54, 1.807) is 29.3 Å². The highest BCUT2D eigenvalue weighted by Gasteiger charge is 2.21. The molecule has 2 aromatic rings. The summed E-state index contributed by atoms with van der Waals surface area (Å²) >= 11 is 1.78. The molecule has 0 fully saturated rings. The van der Waals surface area contributed by atoms with Crippen LogP contribution in [-0.4, -0.2) is 28.8 Å². The summed E-state index contributed by atoms with van der Waals surface area (Å²) in [6, 6.07) is 3.97. The third kappa shape index (κ3) is 4.15. The summed E-state index contributed by atoms with van der Waals surface area (Å²) < 4.78 is 1.70. The highest BCUT2D eigenvalue weighted by Crippen LogP contribution is 2.17. The predicted octanol–water partition coefficient (Wildman–Crippen LogP) is 1.80. The first-order valence-electron chi connectivity index (χ1n) is 7.01. The van der Waals surface area contributed by atoms with Crippen molar-refractivity contribution in [3.63, 3.8) is 0 Å². The molecule has 0 aliphatic rings. The molecule has 0 aliphatic carbocycles. The Morgan fingerprint density at radius 1 is 1.48 bits per heavy atom. The Balaban J connectivity index is 1.95. The average molecular weight is 306 g/mol. The summed E-state index contributed by atoms with van der Waals surface area (Å²) in [5.41, 5.74) is 0.872. The molecule has 0 saturated carbocycles. The molecule has 2 atom stereocenters. The molecular formula is C15H22N4OS. The Morgan fingerprint density at radius 3 is 2.76 bits per heavy atom. The number of nitrogens with zero attached hydrogens (tertiary/aromatic N) is 2. The lowest BCUT2D eigenvalue weighted by molar-refractivity contribution is -0.123. The van der Waals surface area contributed by atoms with Crippen molar-refractivity contribution in [2.24, 2.45) is 7.05 Å². The normalized spacial score (nSPS) is 13.9. The van der Waals surface area contributed by atoms with Gasteiger partial charge < -0.3 is 10.6 Å². The highest BCUT2D eigenvalue weighted by molar-refractivity contribution is 7.11. The van der Waals surface area contributed by atoms with Gasteiger partial charge in [-0.1, -0.05) is 0 Å². The molecule has 2 rings (SSSR count). The predicted molar refractivity (Wildman–Crippen MR) is 85.4 cm³/mol. The molecule has 2 N–H and O–H groups in total. The monoisotopic (exact) mass is 306 g/mol. The van der Waals surface area contributed by atoms with Gasteiger partial charge in [-0.2, -0.15) is 5.10 Å². The van der Waals surface area contributed by atoms with Gasteiger partial charge in [0.25, 0.3) is 0 Å². The number of thiophene rings is 1. The first-order valence-corrected chi connectivity index (χ1v) is 7.82.